The number of carbonyl (C=O) groups is 2. The summed E-state index contributed by atoms with van der Waals surface area (Å²) in [4.78, 5) is 25.0. The van der Waals surface area contributed by atoms with Gasteiger partial charge in [-0.25, -0.2) is 8.42 Å². The Morgan fingerprint density at radius 3 is 2.17 bits per heavy atom. The van der Waals surface area contributed by atoms with E-state index in [1.54, 1.807) is 6.92 Å². The Balaban J connectivity index is 1.99. The van der Waals surface area contributed by atoms with Crippen molar-refractivity contribution in [1.82, 2.24) is 15.4 Å². The molecule has 2 aliphatic rings. The van der Waals surface area contributed by atoms with Crippen LogP contribution in [0.25, 0.3) is 0 Å². The Hall–Kier alpha value is -1.15. The van der Waals surface area contributed by atoms with E-state index in [0.29, 0.717) is 12.8 Å². The summed E-state index contributed by atoms with van der Waals surface area (Å²) in [7, 11) is -3.51. The molecule has 0 unspecified atom stereocenters. The fourth-order valence-corrected chi connectivity index (χ4v) is 4.69. The van der Waals surface area contributed by atoms with Gasteiger partial charge in [0.25, 0.3) is 0 Å². The molecule has 138 valence electrons. The van der Waals surface area contributed by atoms with Gasteiger partial charge in [0.2, 0.25) is 21.8 Å². The molecule has 1 atom stereocenters. The number of sulfonamides is 1. The largest absolute Gasteiger partial charge is 0.352 e. The average Bonchev–Trinajstić information content (AvgIpc) is 2.99. The van der Waals surface area contributed by atoms with Crippen LogP contribution < -0.4 is 15.4 Å². The van der Waals surface area contributed by atoms with E-state index in [2.05, 4.69) is 15.4 Å². The van der Waals surface area contributed by atoms with Gasteiger partial charge in [0.15, 0.2) is 0 Å². The van der Waals surface area contributed by atoms with Gasteiger partial charge in [0.05, 0.1) is 6.26 Å². The van der Waals surface area contributed by atoms with Crippen LogP contribution in [0, 0.1) is 0 Å². The van der Waals surface area contributed by atoms with E-state index in [4.69, 9.17) is 0 Å². The molecule has 0 spiro atoms. The molecule has 2 saturated carbocycles. The van der Waals surface area contributed by atoms with Crippen LogP contribution in [0.1, 0.15) is 64.7 Å². The maximum atomic E-state index is 12.7. The molecule has 0 aromatic rings. The number of hydrogen-bond donors (Lipinski definition) is 3. The molecule has 2 aliphatic carbocycles. The van der Waals surface area contributed by atoms with Crippen LogP contribution in [0.5, 0.6) is 0 Å². The second-order valence-corrected chi connectivity index (χ2v) is 8.95. The summed E-state index contributed by atoms with van der Waals surface area (Å²) in [6.07, 6.45) is 8.74. The fraction of sp³-hybridized carbons (Fsp3) is 0.875. The average molecular weight is 359 g/mol. The van der Waals surface area contributed by atoms with Crippen molar-refractivity contribution in [3.8, 4) is 0 Å². The highest BCUT2D eigenvalue weighted by Gasteiger charge is 2.42. The molecule has 2 fully saturated rings. The highest BCUT2D eigenvalue weighted by molar-refractivity contribution is 7.88. The van der Waals surface area contributed by atoms with Crippen LogP contribution in [-0.4, -0.2) is 44.1 Å². The van der Waals surface area contributed by atoms with Crippen molar-refractivity contribution in [2.45, 2.75) is 82.3 Å². The molecule has 24 heavy (non-hydrogen) atoms. The zero-order valence-electron chi connectivity index (χ0n) is 14.6. The van der Waals surface area contributed by atoms with E-state index in [1.807, 2.05) is 0 Å². The van der Waals surface area contributed by atoms with E-state index < -0.39 is 27.5 Å². The number of carbonyl (C=O) groups excluding carboxylic acids is 2. The molecule has 0 aromatic carbocycles. The van der Waals surface area contributed by atoms with Gasteiger partial charge < -0.3 is 10.6 Å². The van der Waals surface area contributed by atoms with Gasteiger partial charge >= 0.3 is 0 Å². The molecule has 0 saturated heterocycles. The van der Waals surface area contributed by atoms with Crippen molar-refractivity contribution in [3.63, 3.8) is 0 Å². The van der Waals surface area contributed by atoms with E-state index in [1.165, 1.54) is 0 Å². The van der Waals surface area contributed by atoms with Crippen molar-refractivity contribution in [2.75, 3.05) is 6.26 Å². The van der Waals surface area contributed by atoms with Crippen molar-refractivity contribution < 1.29 is 18.0 Å². The molecule has 0 heterocycles. The minimum Gasteiger partial charge on any atom is -0.352 e. The summed E-state index contributed by atoms with van der Waals surface area (Å²) >= 11 is 0. The summed E-state index contributed by atoms with van der Waals surface area (Å²) in [5.41, 5.74) is -1.13. The molecule has 2 amide bonds. The molecule has 8 heteroatoms. The van der Waals surface area contributed by atoms with Crippen LogP contribution in [0.4, 0.5) is 0 Å². The van der Waals surface area contributed by atoms with Crippen LogP contribution in [0.3, 0.4) is 0 Å². The molecule has 0 aliphatic heterocycles. The first-order valence-corrected chi connectivity index (χ1v) is 10.7. The standard InChI is InChI=1S/C16H29N3O4S/c1-12(14(20)18-13-8-4-5-9-13)17-15(21)16(19-24(2,22)23)10-6-3-7-11-16/h12-13,19H,3-11H2,1-2H3,(H,17,21)(H,18,20)/t12-/m1/s1. The lowest BCUT2D eigenvalue weighted by molar-refractivity contribution is -0.133. The number of amides is 2. The first-order valence-electron chi connectivity index (χ1n) is 8.82. The Bertz CT molecular complexity index is 564. The van der Waals surface area contributed by atoms with Gasteiger partial charge in [0.1, 0.15) is 11.6 Å². The minimum absolute atomic E-state index is 0.189. The summed E-state index contributed by atoms with van der Waals surface area (Å²) < 4.78 is 25.9. The normalized spacial score (nSPS) is 22.8. The lowest BCUT2D eigenvalue weighted by atomic mass is 9.81. The Kier molecular flexibility index (Phi) is 6.25. The SMILES string of the molecule is C[C@@H](NC(=O)C1(NS(C)(=O)=O)CCCCC1)C(=O)NC1CCCC1. The zero-order chi connectivity index (χ0) is 17.8. The smallest absolute Gasteiger partial charge is 0.242 e. The fourth-order valence-electron chi connectivity index (χ4n) is 3.68. The Morgan fingerprint density at radius 1 is 1.04 bits per heavy atom. The Labute approximate surface area is 144 Å². The second kappa shape index (κ2) is 7.82. The lowest BCUT2D eigenvalue weighted by Crippen LogP contribution is -2.62. The molecule has 0 bridgehead atoms. The van der Waals surface area contributed by atoms with E-state index in [-0.39, 0.29) is 11.9 Å². The molecule has 0 aromatic heterocycles. The van der Waals surface area contributed by atoms with Gasteiger partial charge in [-0.05, 0) is 32.6 Å². The number of rotatable bonds is 6. The van der Waals surface area contributed by atoms with Gasteiger partial charge in [-0.2, -0.15) is 4.72 Å². The third-order valence-corrected chi connectivity index (χ3v) is 5.73. The highest BCUT2D eigenvalue weighted by atomic mass is 32.2. The molecular weight excluding hydrogens is 330 g/mol. The van der Waals surface area contributed by atoms with Crippen LogP contribution in [0.2, 0.25) is 0 Å². The van der Waals surface area contributed by atoms with Crippen molar-refractivity contribution in [3.05, 3.63) is 0 Å². The molecule has 0 radical (unpaired) electrons. The van der Waals surface area contributed by atoms with Gasteiger partial charge in [-0.15, -0.1) is 0 Å². The Morgan fingerprint density at radius 2 is 1.62 bits per heavy atom. The number of nitrogens with one attached hydrogen (secondary N) is 3. The van der Waals surface area contributed by atoms with Gasteiger partial charge in [0, 0.05) is 6.04 Å². The topological polar surface area (TPSA) is 104 Å². The minimum atomic E-state index is -3.51. The predicted octanol–water partition coefficient (Wildman–Crippen LogP) is 0.802. The van der Waals surface area contributed by atoms with E-state index >= 15 is 0 Å². The van der Waals surface area contributed by atoms with E-state index in [0.717, 1.165) is 51.2 Å². The van der Waals surface area contributed by atoms with E-state index in [9.17, 15) is 18.0 Å². The molecule has 2 rings (SSSR count). The summed E-state index contributed by atoms with van der Waals surface area (Å²) in [5.74, 6) is -0.609. The quantitative estimate of drug-likeness (QED) is 0.652. The monoisotopic (exact) mass is 359 g/mol. The summed E-state index contributed by atoms with van der Waals surface area (Å²) in [5, 5.41) is 5.66. The van der Waals surface area contributed by atoms with Crippen LogP contribution in [0.15, 0.2) is 0 Å². The lowest BCUT2D eigenvalue weighted by Gasteiger charge is -2.36. The second-order valence-electron chi connectivity index (χ2n) is 7.20. The van der Waals surface area contributed by atoms with Gasteiger partial charge in [-0.3, -0.25) is 9.59 Å². The third kappa shape index (κ3) is 5.17. The first-order chi connectivity index (χ1) is 11.2. The molecular formula is C16H29N3O4S. The maximum absolute atomic E-state index is 12.7. The van der Waals surface area contributed by atoms with Crippen molar-refractivity contribution >= 4 is 21.8 Å². The molecule has 3 N–H and O–H groups in total. The van der Waals surface area contributed by atoms with Crippen LogP contribution >= 0.6 is 0 Å². The summed E-state index contributed by atoms with van der Waals surface area (Å²) in [6, 6.07) is -0.493. The molecule has 7 nitrogen and oxygen atoms in total. The summed E-state index contributed by atoms with van der Waals surface area (Å²) in [6.45, 7) is 1.64. The third-order valence-electron chi connectivity index (χ3n) is 4.96. The first kappa shape index (κ1) is 19.2. The zero-order valence-corrected chi connectivity index (χ0v) is 15.4. The maximum Gasteiger partial charge on any atom is 0.242 e. The van der Waals surface area contributed by atoms with Crippen LogP contribution in [-0.2, 0) is 19.6 Å². The number of hydrogen-bond acceptors (Lipinski definition) is 4. The highest BCUT2D eigenvalue weighted by Crippen LogP contribution is 2.29. The van der Waals surface area contributed by atoms with Gasteiger partial charge in [-0.1, -0.05) is 32.1 Å². The van der Waals surface area contributed by atoms with Crippen molar-refractivity contribution in [1.29, 1.82) is 0 Å². The van der Waals surface area contributed by atoms with Crippen molar-refractivity contribution in [2.24, 2.45) is 0 Å². The predicted molar refractivity (Wildman–Crippen MR) is 91.8 cm³/mol.